The van der Waals surface area contributed by atoms with Crippen molar-refractivity contribution in [1.29, 1.82) is 5.26 Å². The molecule has 4 rings (SSSR count). The first-order valence-corrected chi connectivity index (χ1v) is 15.1. The van der Waals surface area contributed by atoms with E-state index in [9.17, 15) is 31.6 Å². The zero-order chi connectivity index (χ0) is 29.2. The van der Waals surface area contributed by atoms with Crippen LogP contribution in [0, 0.1) is 11.3 Å². The highest BCUT2D eigenvalue weighted by Crippen LogP contribution is 2.41. The number of alkyl halides is 3. The van der Waals surface area contributed by atoms with Crippen molar-refractivity contribution in [2.45, 2.75) is 73.8 Å². The molecule has 1 heterocycles. The number of hydrogen-bond acceptors (Lipinski definition) is 6. The number of carbonyl (C=O) groups is 1. The minimum Gasteiger partial charge on any atom is -0.335 e. The average Bonchev–Trinajstić information content (AvgIpc) is 3.77. The Labute approximate surface area is 233 Å². The van der Waals surface area contributed by atoms with Crippen molar-refractivity contribution in [2.24, 2.45) is 0 Å². The van der Waals surface area contributed by atoms with Gasteiger partial charge in [0.05, 0.1) is 11.8 Å². The van der Waals surface area contributed by atoms with E-state index in [4.69, 9.17) is 0 Å². The van der Waals surface area contributed by atoms with Gasteiger partial charge in [-0.2, -0.15) is 18.4 Å². The van der Waals surface area contributed by atoms with Crippen molar-refractivity contribution in [1.82, 2.24) is 15.5 Å². The van der Waals surface area contributed by atoms with Gasteiger partial charge in [0.2, 0.25) is 0 Å². The second kappa shape index (κ2) is 11.5. The third kappa shape index (κ3) is 6.51. The van der Waals surface area contributed by atoms with Gasteiger partial charge in [0.15, 0.2) is 14.7 Å². The summed E-state index contributed by atoms with van der Waals surface area (Å²) >= 11 is 0. The van der Waals surface area contributed by atoms with Gasteiger partial charge in [-0.25, -0.2) is 8.42 Å². The molecular formula is C29H35F3N4O3S. The molecule has 1 saturated carbocycles. The summed E-state index contributed by atoms with van der Waals surface area (Å²) < 4.78 is 71.2. The van der Waals surface area contributed by atoms with Crippen LogP contribution >= 0.6 is 0 Å². The van der Waals surface area contributed by atoms with E-state index in [1.165, 1.54) is 24.3 Å². The molecule has 2 atom stereocenters. The van der Waals surface area contributed by atoms with E-state index >= 15 is 0 Å². The van der Waals surface area contributed by atoms with Crippen LogP contribution in [0.3, 0.4) is 0 Å². The monoisotopic (exact) mass is 576 g/mol. The van der Waals surface area contributed by atoms with Crippen molar-refractivity contribution < 1.29 is 26.4 Å². The van der Waals surface area contributed by atoms with Crippen LogP contribution in [0.4, 0.5) is 13.2 Å². The first-order chi connectivity index (χ1) is 18.8. The van der Waals surface area contributed by atoms with E-state index in [1.54, 1.807) is 24.3 Å². The normalized spacial score (nSPS) is 20.2. The number of halogens is 3. The molecule has 1 aliphatic heterocycles. The molecule has 0 bridgehead atoms. The lowest BCUT2D eigenvalue weighted by Gasteiger charge is -2.40. The Hall–Kier alpha value is -2.94. The molecule has 40 heavy (non-hydrogen) atoms. The van der Waals surface area contributed by atoms with Gasteiger partial charge in [-0.1, -0.05) is 61.5 Å². The molecule has 0 unspecified atom stereocenters. The quantitative estimate of drug-likeness (QED) is 0.429. The number of rotatable bonds is 10. The van der Waals surface area contributed by atoms with Gasteiger partial charge in [-0.05, 0) is 61.8 Å². The van der Waals surface area contributed by atoms with Crippen molar-refractivity contribution in [3.8, 4) is 6.07 Å². The molecule has 2 aromatic carbocycles. The summed E-state index contributed by atoms with van der Waals surface area (Å²) in [5.41, 5.74) is -0.269. The van der Waals surface area contributed by atoms with Gasteiger partial charge in [0, 0.05) is 13.1 Å². The zero-order valence-corrected chi connectivity index (χ0v) is 23.5. The summed E-state index contributed by atoms with van der Waals surface area (Å²) in [6, 6.07) is 13.4. The molecule has 11 heteroatoms. The predicted molar refractivity (Wildman–Crippen MR) is 146 cm³/mol. The fourth-order valence-electron chi connectivity index (χ4n) is 5.14. The third-order valence-corrected chi connectivity index (χ3v) is 10.3. The largest absolute Gasteiger partial charge is 0.407 e. The summed E-state index contributed by atoms with van der Waals surface area (Å²) in [6.07, 6.45) is -2.47. The van der Waals surface area contributed by atoms with Crippen molar-refractivity contribution in [3.05, 3.63) is 71.3 Å². The predicted octanol–water partition coefficient (Wildman–Crippen LogP) is 4.58. The second-order valence-electron chi connectivity index (χ2n) is 10.9. The molecule has 0 aromatic heterocycles. The summed E-state index contributed by atoms with van der Waals surface area (Å²) in [6.45, 7) is 4.66. The lowest BCUT2D eigenvalue weighted by atomic mass is 9.88. The Bertz CT molecular complexity index is 1350. The Morgan fingerprint density at radius 1 is 1.12 bits per heavy atom. The number of hydrogen-bond donors (Lipinski definition) is 2. The first kappa shape index (κ1) is 30.0. The minimum absolute atomic E-state index is 0.226. The van der Waals surface area contributed by atoms with E-state index in [2.05, 4.69) is 21.6 Å². The van der Waals surface area contributed by atoms with Crippen LogP contribution < -0.4 is 10.6 Å². The lowest BCUT2D eigenvalue weighted by molar-refractivity contribution is -0.162. The van der Waals surface area contributed by atoms with Crippen LogP contribution in [0.5, 0.6) is 0 Å². The fourth-order valence-corrected chi connectivity index (χ4v) is 6.68. The number of amides is 1. The molecule has 2 N–H and O–H groups in total. The maximum Gasteiger partial charge on any atom is 0.407 e. The van der Waals surface area contributed by atoms with Gasteiger partial charge < -0.3 is 10.2 Å². The van der Waals surface area contributed by atoms with E-state index in [0.29, 0.717) is 24.6 Å². The molecule has 7 nitrogen and oxygen atoms in total. The van der Waals surface area contributed by atoms with Gasteiger partial charge in [0.25, 0.3) is 5.91 Å². The Morgan fingerprint density at radius 2 is 1.77 bits per heavy atom. The SMILES string of the molecule is CCN1CCC(C#N)(NC(=O)[C@](C)(N[C@@H](c2ccccc2)C(F)(F)F)S(=O)(=O)Cc2cccc(C3CC3)c2)CC1. The lowest BCUT2D eigenvalue weighted by Crippen LogP contribution is -2.66. The average molecular weight is 577 g/mol. The highest BCUT2D eigenvalue weighted by atomic mass is 32.2. The van der Waals surface area contributed by atoms with Gasteiger partial charge in [-0.15, -0.1) is 0 Å². The number of nitrogens with zero attached hydrogens (tertiary/aromatic N) is 2. The van der Waals surface area contributed by atoms with Gasteiger partial charge in [0.1, 0.15) is 11.6 Å². The number of likely N-dealkylation sites (tertiary alicyclic amines) is 1. The number of benzene rings is 2. The Kier molecular flexibility index (Phi) is 8.64. The highest BCUT2D eigenvalue weighted by molar-refractivity contribution is 7.92. The number of carbonyl (C=O) groups excluding carboxylic acids is 1. The maximum absolute atomic E-state index is 14.4. The summed E-state index contributed by atoms with van der Waals surface area (Å²) in [5.74, 6) is -1.48. The smallest absolute Gasteiger partial charge is 0.335 e. The molecular weight excluding hydrogens is 541 g/mol. The molecule has 2 fully saturated rings. The third-order valence-electron chi connectivity index (χ3n) is 8.02. The Balaban J connectivity index is 1.72. The van der Waals surface area contributed by atoms with Crippen LogP contribution in [0.2, 0.25) is 0 Å². The first-order valence-electron chi connectivity index (χ1n) is 13.5. The molecule has 1 aliphatic carbocycles. The van der Waals surface area contributed by atoms with Gasteiger partial charge >= 0.3 is 6.18 Å². The van der Waals surface area contributed by atoms with Crippen LogP contribution in [-0.2, 0) is 20.4 Å². The summed E-state index contributed by atoms with van der Waals surface area (Å²) in [4.78, 5) is 13.3. The van der Waals surface area contributed by atoms with E-state index in [1.807, 2.05) is 13.0 Å². The van der Waals surface area contributed by atoms with Crippen LogP contribution in [0.1, 0.15) is 68.2 Å². The molecule has 1 saturated heterocycles. The number of nitriles is 1. The Morgan fingerprint density at radius 3 is 2.33 bits per heavy atom. The van der Waals surface area contributed by atoms with Crippen LogP contribution in [0.15, 0.2) is 54.6 Å². The molecule has 216 valence electrons. The van der Waals surface area contributed by atoms with Crippen molar-refractivity contribution in [2.75, 3.05) is 19.6 Å². The molecule has 1 amide bonds. The molecule has 2 aliphatic rings. The molecule has 0 radical (unpaired) electrons. The van der Waals surface area contributed by atoms with E-state index in [-0.39, 0.29) is 18.4 Å². The van der Waals surface area contributed by atoms with Crippen LogP contribution in [-0.4, -0.2) is 55.4 Å². The van der Waals surface area contributed by atoms with Crippen molar-refractivity contribution in [3.63, 3.8) is 0 Å². The summed E-state index contributed by atoms with van der Waals surface area (Å²) in [7, 11) is -4.60. The van der Waals surface area contributed by atoms with E-state index in [0.717, 1.165) is 31.9 Å². The molecule has 0 spiro atoms. The number of sulfone groups is 1. The topological polar surface area (TPSA) is 102 Å². The van der Waals surface area contributed by atoms with Crippen LogP contribution in [0.25, 0.3) is 0 Å². The minimum atomic E-state index is -4.91. The number of piperidine rings is 1. The standard InChI is InChI=1S/C29H35F3N4O3S/c1-3-36-16-14-28(20-33,15-17-36)35-26(37)27(2,34-25(29(30,31)32)23-9-5-4-6-10-23)40(38,39)19-21-8-7-11-24(18-21)22-12-13-22/h4-11,18,22,25,34H,3,12-17,19H2,1-2H3,(H,35,37)/t25-,27+/m0/s1. The van der Waals surface area contributed by atoms with E-state index < -0.39 is 44.1 Å². The maximum atomic E-state index is 14.4. The zero-order valence-electron chi connectivity index (χ0n) is 22.7. The fraction of sp³-hybridized carbons (Fsp3) is 0.517. The second-order valence-corrected chi connectivity index (χ2v) is 13.3. The molecule has 2 aromatic rings. The summed E-state index contributed by atoms with van der Waals surface area (Å²) in [5, 5.41) is 14.8. The highest BCUT2D eigenvalue weighted by Gasteiger charge is 2.54. The van der Waals surface area contributed by atoms with Crippen molar-refractivity contribution >= 4 is 15.7 Å². The van der Waals surface area contributed by atoms with Gasteiger partial charge in [-0.3, -0.25) is 10.1 Å². The number of nitrogens with one attached hydrogen (secondary N) is 2.